The van der Waals surface area contributed by atoms with Crippen LogP contribution in [-0.2, 0) is 9.59 Å². The molecule has 17 heavy (non-hydrogen) atoms. The first-order valence-electron chi connectivity index (χ1n) is 5.52. The largest absolute Gasteiger partial charge is 0.481 e. The van der Waals surface area contributed by atoms with Crippen molar-refractivity contribution in [2.75, 3.05) is 0 Å². The Labute approximate surface area is 98.9 Å². The minimum Gasteiger partial charge on any atom is -0.481 e. The summed E-state index contributed by atoms with van der Waals surface area (Å²) in [6.45, 7) is 1.87. The molecule has 2 N–H and O–H groups in total. The van der Waals surface area contributed by atoms with Crippen LogP contribution in [0.3, 0.4) is 0 Å². The van der Waals surface area contributed by atoms with Crippen LogP contribution in [0.4, 0.5) is 0 Å². The first kappa shape index (κ1) is 11.6. The van der Waals surface area contributed by atoms with Gasteiger partial charge in [-0.25, -0.2) is 0 Å². The molecule has 5 heteroatoms. The zero-order valence-corrected chi connectivity index (χ0v) is 9.46. The highest BCUT2D eigenvalue weighted by Gasteiger charge is 2.48. The average molecular weight is 234 g/mol. The fraction of sp³-hybridized carbons (Fsp3) is 0.417. The molecule has 1 aliphatic rings. The van der Waals surface area contributed by atoms with Crippen LogP contribution in [-0.4, -0.2) is 22.0 Å². The Balaban J connectivity index is 1.90. The summed E-state index contributed by atoms with van der Waals surface area (Å²) >= 11 is 0. The third-order valence-corrected chi connectivity index (χ3v) is 3.01. The van der Waals surface area contributed by atoms with E-state index in [0.717, 1.165) is 5.56 Å². The molecule has 3 atom stereocenters. The molecular formula is C12H14N2O3. The van der Waals surface area contributed by atoms with Crippen molar-refractivity contribution < 1.29 is 14.7 Å². The summed E-state index contributed by atoms with van der Waals surface area (Å²) in [6.07, 6.45) is 3.77. The van der Waals surface area contributed by atoms with Crippen molar-refractivity contribution in [3.63, 3.8) is 0 Å². The molecule has 0 saturated heterocycles. The molecule has 0 aliphatic heterocycles. The van der Waals surface area contributed by atoms with Gasteiger partial charge in [0, 0.05) is 12.4 Å². The molecule has 0 aromatic carbocycles. The van der Waals surface area contributed by atoms with Crippen LogP contribution in [0.2, 0.25) is 0 Å². The van der Waals surface area contributed by atoms with E-state index in [1.807, 2.05) is 19.1 Å². The molecular weight excluding hydrogens is 220 g/mol. The fourth-order valence-corrected chi connectivity index (χ4v) is 1.81. The third-order valence-electron chi connectivity index (χ3n) is 3.01. The van der Waals surface area contributed by atoms with Crippen LogP contribution in [0.5, 0.6) is 0 Å². The van der Waals surface area contributed by atoms with Gasteiger partial charge >= 0.3 is 5.97 Å². The van der Waals surface area contributed by atoms with Gasteiger partial charge in [0.2, 0.25) is 5.91 Å². The maximum atomic E-state index is 11.7. The quantitative estimate of drug-likeness (QED) is 0.813. The number of carbonyl (C=O) groups excluding carboxylic acids is 1. The number of pyridine rings is 1. The molecule has 2 rings (SSSR count). The second-order valence-corrected chi connectivity index (χ2v) is 4.30. The van der Waals surface area contributed by atoms with Gasteiger partial charge in [0.05, 0.1) is 17.9 Å². The van der Waals surface area contributed by atoms with Gasteiger partial charge in [-0.05, 0) is 31.0 Å². The molecule has 90 valence electrons. The smallest absolute Gasteiger partial charge is 0.307 e. The normalized spacial score (nSPS) is 23.8. The number of nitrogens with zero attached hydrogens (tertiary/aromatic N) is 1. The molecule has 0 radical (unpaired) electrons. The number of hydrogen-bond acceptors (Lipinski definition) is 3. The van der Waals surface area contributed by atoms with Gasteiger partial charge < -0.3 is 10.4 Å². The van der Waals surface area contributed by atoms with Gasteiger partial charge in [-0.15, -0.1) is 0 Å². The fourth-order valence-electron chi connectivity index (χ4n) is 1.81. The predicted octanol–water partition coefficient (Wildman–Crippen LogP) is 0.979. The van der Waals surface area contributed by atoms with Crippen molar-refractivity contribution in [2.24, 2.45) is 11.8 Å². The third kappa shape index (κ3) is 2.61. The highest BCUT2D eigenvalue weighted by Crippen LogP contribution is 2.39. The Morgan fingerprint density at radius 2 is 2.06 bits per heavy atom. The first-order valence-corrected chi connectivity index (χ1v) is 5.52. The van der Waals surface area contributed by atoms with E-state index in [1.54, 1.807) is 12.4 Å². The molecule has 1 aromatic heterocycles. The summed E-state index contributed by atoms with van der Waals surface area (Å²) in [5, 5.41) is 11.5. The molecule has 1 aromatic rings. The van der Waals surface area contributed by atoms with E-state index in [4.69, 9.17) is 5.11 Å². The van der Waals surface area contributed by atoms with Gasteiger partial charge in [-0.2, -0.15) is 0 Å². The van der Waals surface area contributed by atoms with Crippen LogP contribution in [0.15, 0.2) is 24.5 Å². The van der Waals surface area contributed by atoms with E-state index in [2.05, 4.69) is 10.3 Å². The number of aromatic nitrogens is 1. The zero-order chi connectivity index (χ0) is 12.4. The van der Waals surface area contributed by atoms with E-state index in [9.17, 15) is 9.59 Å². The minimum absolute atomic E-state index is 0.124. The van der Waals surface area contributed by atoms with Gasteiger partial charge in [0.1, 0.15) is 0 Å². The second-order valence-electron chi connectivity index (χ2n) is 4.30. The Kier molecular flexibility index (Phi) is 3.08. The lowest BCUT2D eigenvalue weighted by molar-refractivity contribution is -0.140. The highest BCUT2D eigenvalue weighted by atomic mass is 16.4. The number of amides is 1. The van der Waals surface area contributed by atoms with Crippen molar-refractivity contribution in [3.8, 4) is 0 Å². The monoisotopic (exact) mass is 234 g/mol. The molecule has 1 amide bonds. The van der Waals surface area contributed by atoms with Crippen molar-refractivity contribution >= 4 is 11.9 Å². The second kappa shape index (κ2) is 4.53. The van der Waals surface area contributed by atoms with E-state index >= 15 is 0 Å². The lowest BCUT2D eigenvalue weighted by atomic mass is 10.1. The van der Waals surface area contributed by atoms with Crippen molar-refractivity contribution in [3.05, 3.63) is 30.1 Å². The van der Waals surface area contributed by atoms with Crippen LogP contribution >= 0.6 is 0 Å². The summed E-state index contributed by atoms with van der Waals surface area (Å²) in [5.41, 5.74) is 0.959. The molecule has 5 nitrogen and oxygen atoms in total. The molecule has 1 heterocycles. The topological polar surface area (TPSA) is 79.3 Å². The van der Waals surface area contributed by atoms with Gasteiger partial charge in [0.25, 0.3) is 0 Å². The Bertz CT molecular complexity index is 433. The number of carboxylic acid groups (broad SMARTS) is 1. The Morgan fingerprint density at radius 3 is 2.59 bits per heavy atom. The Hall–Kier alpha value is -1.91. The van der Waals surface area contributed by atoms with Crippen LogP contribution in [0, 0.1) is 11.8 Å². The molecule has 0 spiro atoms. The van der Waals surface area contributed by atoms with Crippen LogP contribution < -0.4 is 5.32 Å². The maximum absolute atomic E-state index is 11.7. The van der Waals surface area contributed by atoms with Crippen molar-refractivity contribution in [1.29, 1.82) is 0 Å². The van der Waals surface area contributed by atoms with E-state index in [-0.39, 0.29) is 17.9 Å². The van der Waals surface area contributed by atoms with Crippen molar-refractivity contribution in [1.82, 2.24) is 10.3 Å². The first-order chi connectivity index (χ1) is 8.09. The van der Waals surface area contributed by atoms with Crippen LogP contribution in [0.1, 0.15) is 24.9 Å². The number of hydrogen-bond donors (Lipinski definition) is 2. The number of carbonyl (C=O) groups is 2. The molecule has 3 unspecified atom stereocenters. The Morgan fingerprint density at radius 1 is 1.41 bits per heavy atom. The highest BCUT2D eigenvalue weighted by molar-refractivity contribution is 5.89. The SMILES string of the molecule is CC(NC(=O)C1CC1C(=O)O)c1ccncc1. The number of aliphatic carboxylic acids is 1. The van der Waals surface area contributed by atoms with Crippen LogP contribution in [0.25, 0.3) is 0 Å². The van der Waals surface area contributed by atoms with Gasteiger partial charge in [0.15, 0.2) is 0 Å². The summed E-state index contributed by atoms with van der Waals surface area (Å²) in [5.74, 6) is -1.93. The van der Waals surface area contributed by atoms with Gasteiger partial charge in [-0.1, -0.05) is 0 Å². The molecule has 0 bridgehead atoms. The van der Waals surface area contributed by atoms with E-state index < -0.39 is 11.9 Å². The maximum Gasteiger partial charge on any atom is 0.307 e. The summed E-state index contributed by atoms with van der Waals surface area (Å²) < 4.78 is 0. The number of nitrogens with one attached hydrogen (secondary N) is 1. The van der Waals surface area contributed by atoms with E-state index in [0.29, 0.717) is 6.42 Å². The zero-order valence-electron chi connectivity index (χ0n) is 9.46. The number of rotatable bonds is 4. The summed E-state index contributed by atoms with van der Waals surface area (Å²) in [6, 6.07) is 3.53. The predicted molar refractivity (Wildman–Crippen MR) is 60.0 cm³/mol. The number of carboxylic acids is 1. The summed E-state index contributed by atoms with van der Waals surface area (Å²) in [4.78, 5) is 26.3. The molecule has 1 fully saturated rings. The van der Waals surface area contributed by atoms with E-state index in [1.165, 1.54) is 0 Å². The lowest BCUT2D eigenvalue weighted by Gasteiger charge is -2.13. The molecule has 1 aliphatic carbocycles. The molecule has 1 saturated carbocycles. The van der Waals surface area contributed by atoms with Crippen molar-refractivity contribution in [2.45, 2.75) is 19.4 Å². The minimum atomic E-state index is -0.887. The standard InChI is InChI=1S/C12H14N2O3/c1-7(8-2-4-13-5-3-8)14-11(15)9-6-10(9)12(16)17/h2-5,7,9-10H,6H2,1H3,(H,14,15)(H,16,17). The summed E-state index contributed by atoms with van der Waals surface area (Å²) in [7, 11) is 0. The average Bonchev–Trinajstić information content (AvgIpc) is 3.10. The lowest BCUT2D eigenvalue weighted by Crippen LogP contribution is -2.29. The van der Waals surface area contributed by atoms with Gasteiger partial charge in [-0.3, -0.25) is 14.6 Å².